The zero-order chi connectivity index (χ0) is 20.1. The molecule has 2 N–H and O–H groups in total. The first-order chi connectivity index (χ1) is 13.5. The van der Waals surface area contributed by atoms with Gasteiger partial charge < -0.3 is 15.1 Å². The summed E-state index contributed by atoms with van der Waals surface area (Å²) >= 11 is 0. The van der Waals surface area contributed by atoms with Crippen LogP contribution in [0.3, 0.4) is 0 Å². The first-order valence-corrected chi connectivity index (χ1v) is 9.56. The van der Waals surface area contributed by atoms with Crippen molar-refractivity contribution in [3.63, 3.8) is 0 Å². The van der Waals surface area contributed by atoms with E-state index in [0.717, 1.165) is 18.0 Å². The van der Waals surface area contributed by atoms with Gasteiger partial charge in [0, 0.05) is 16.8 Å². The Morgan fingerprint density at radius 3 is 2.25 bits per heavy atom. The summed E-state index contributed by atoms with van der Waals surface area (Å²) in [5.41, 5.74) is 1.90. The van der Waals surface area contributed by atoms with Crippen molar-refractivity contribution in [2.45, 2.75) is 19.9 Å². The molecule has 2 aromatic rings. The molecule has 1 atom stereocenters. The van der Waals surface area contributed by atoms with Gasteiger partial charge in [-0.3, -0.25) is 14.4 Å². The highest BCUT2D eigenvalue weighted by molar-refractivity contribution is 5.98. The van der Waals surface area contributed by atoms with Crippen molar-refractivity contribution in [3.05, 3.63) is 65.7 Å². The number of carbonyl (C=O) groups is 3. The molecule has 0 radical (unpaired) electrons. The summed E-state index contributed by atoms with van der Waals surface area (Å²) in [5.74, 6) is -0.0784. The van der Waals surface area contributed by atoms with E-state index >= 15 is 0 Å². The van der Waals surface area contributed by atoms with Crippen LogP contribution in [0.4, 0.5) is 5.69 Å². The number of benzene rings is 2. The van der Waals surface area contributed by atoms with E-state index in [1.54, 1.807) is 24.3 Å². The maximum absolute atomic E-state index is 12.6. The number of anilines is 1. The number of nitrogens with one attached hydrogen (secondary N) is 2. The topological polar surface area (TPSA) is 70.9 Å². The lowest BCUT2D eigenvalue weighted by Crippen LogP contribution is -3.19. The maximum atomic E-state index is 12.6. The van der Waals surface area contributed by atoms with Gasteiger partial charge in [-0.2, -0.15) is 0 Å². The highest BCUT2D eigenvalue weighted by Crippen LogP contribution is 2.11. The molecule has 28 heavy (non-hydrogen) atoms. The van der Waals surface area contributed by atoms with E-state index in [1.807, 2.05) is 42.2 Å². The Kier molecular flexibility index (Phi) is 6.21. The van der Waals surface area contributed by atoms with Gasteiger partial charge in [0.2, 0.25) is 0 Å². The number of piperazine rings is 1. The van der Waals surface area contributed by atoms with Crippen LogP contribution in [0.2, 0.25) is 0 Å². The van der Waals surface area contributed by atoms with Gasteiger partial charge in [-0.25, -0.2) is 0 Å². The van der Waals surface area contributed by atoms with Gasteiger partial charge in [-0.15, -0.1) is 0 Å². The molecule has 0 aromatic heterocycles. The molecule has 3 rings (SSSR count). The molecule has 0 unspecified atom stereocenters. The van der Waals surface area contributed by atoms with E-state index in [-0.39, 0.29) is 23.6 Å². The summed E-state index contributed by atoms with van der Waals surface area (Å²) in [6.07, 6.45) is 0. The number of amides is 2. The molecule has 6 nitrogen and oxygen atoms in total. The van der Waals surface area contributed by atoms with Crippen LogP contribution in [0.5, 0.6) is 0 Å². The number of rotatable bonds is 5. The Morgan fingerprint density at radius 2 is 1.61 bits per heavy atom. The number of quaternary nitrogens is 1. The molecule has 6 heteroatoms. The third-order valence-corrected chi connectivity index (χ3v) is 5.26. The van der Waals surface area contributed by atoms with Crippen molar-refractivity contribution in [2.24, 2.45) is 0 Å². The van der Waals surface area contributed by atoms with Gasteiger partial charge in [-0.05, 0) is 38.1 Å². The van der Waals surface area contributed by atoms with Gasteiger partial charge in [0.1, 0.15) is 0 Å². The Bertz CT molecular complexity index is 858. The third kappa shape index (κ3) is 4.64. The maximum Gasteiger partial charge on any atom is 0.282 e. The molecule has 2 amide bonds. The highest BCUT2D eigenvalue weighted by atomic mass is 16.2. The lowest BCUT2D eigenvalue weighted by atomic mass is 10.1. The predicted molar refractivity (Wildman–Crippen MR) is 108 cm³/mol. The fraction of sp³-hybridized carbons (Fsp3) is 0.318. The smallest absolute Gasteiger partial charge is 0.282 e. The van der Waals surface area contributed by atoms with E-state index in [1.165, 1.54) is 6.92 Å². The Morgan fingerprint density at radius 1 is 0.964 bits per heavy atom. The van der Waals surface area contributed by atoms with Crippen molar-refractivity contribution in [2.75, 3.05) is 31.5 Å². The summed E-state index contributed by atoms with van der Waals surface area (Å²) < 4.78 is 0. The van der Waals surface area contributed by atoms with E-state index in [9.17, 15) is 14.4 Å². The molecule has 0 spiro atoms. The van der Waals surface area contributed by atoms with Crippen LogP contribution in [0.1, 0.15) is 34.6 Å². The van der Waals surface area contributed by atoms with E-state index in [2.05, 4.69) is 5.32 Å². The molecular weight excluding hydrogens is 354 g/mol. The van der Waals surface area contributed by atoms with Crippen molar-refractivity contribution in [1.29, 1.82) is 0 Å². The second-order valence-corrected chi connectivity index (χ2v) is 7.16. The zero-order valence-electron chi connectivity index (χ0n) is 16.3. The quantitative estimate of drug-likeness (QED) is 0.767. The van der Waals surface area contributed by atoms with Gasteiger partial charge in [0.15, 0.2) is 11.8 Å². The summed E-state index contributed by atoms with van der Waals surface area (Å²) in [4.78, 5) is 39.7. The second-order valence-electron chi connectivity index (χ2n) is 7.16. The summed E-state index contributed by atoms with van der Waals surface area (Å²) in [7, 11) is 0. The lowest BCUT2D eigenvalue weighted by Gasteiger charge is -2.34. The van der Waals surface area contributed by atoms with Crippen molar-refractivity contribution >= 4 is 23.3 Å². The van der Waals surface area contributed by atoms with Crippen molar-refractivity contribution in [1.82, 2.24) is 4.90 Å². The molecule has 1 heterocycles. The Labute approximate surface area is 165 Å². The number of carbonyl (C=O) groups excluding carboxylic acids is 3. The average Bonchev–Trinajstić information content (AvgIpc) is 2.73. The van der Waals surface area contributed by atoms with Crippen LogP contribution in [0, 0.1) is 0 Å². The van der Waals surface area contributed by atoms with Gasteiger partial charge >= 0.3 is 0 Å². The van der Waals surface area contributed by atoms with Crippen LogP contribution in [-0.2, 0) is 4.79 Å². The molecule has 0 aliphatic carbocycles. The summed E-state index contributed by atoms with van der Waals surface area (Å²) in [6, 6.07) is 16.0. The fourth-order valence-corrected chi connectivity index (χ4v) is 3.45. The molecule has 1 saturated heterocycles. The van der Waals surface area contributed by atoms with Gasteiger partial charge in [0.25, 0.3) is 11.8 Å². The van der Waals surface area contributed by atoms with Crippen LogP contribution in [0.25, 0.3) is 0 Å². The minimum atomic E-state index is -0.241. The van der Waals surface area contributed by atoms with E-state index in [0.29, 0.717) is 29.9 Å². The minimum absolute atomic E-state index is 0.0334. The zero-order valence-corrected chi connectivity index (χ0v) is 16.3. The first kappa shape index (κ1) is 19.8. The molecule has 2 aromatic carbocycles. The summed E-state index contributed by atoms with van der Waals surface area (Å²) in [5, 5.41) is 2.90. The van der Waals surface area contributed by atoms with Crippen molar-refractivity contribution in [3.8, 4) is 0 Å². The fourth-order valence-electron chi connectivity index (χ4n) is 3.45. The van der Waals surface area contributed by atoms with Crippen LogP contribution < -0.4 is 10.2 Å². The number of Topliss-reactive ketones (excluding diaryl/α,β-unsaturated/α-hetero) is 1. The Hall–Kier alpha value is -2.99. The van der Waals surface area contributed by atoms with E-state index in [4.69, 9.17) is 0 Å². The van der Waals surface area contributed by atoms with Crippen molar-refractivity contribution < 1.29 is 19.3 Å². The van der Waals surface area contributed by atoms with Crippen LogP contribution >= 0.6 is 0 Å². The molecule has 0 bridgehead atoms. The first-order valence-electron chi connectivity index (χ1n) is 9.56. The molecule has 1 aliphatic heterocycles. The second kappa shape index (κ2) is 8.80. The molecular formula is C22H26N3O3+. The van der Waals surface area contributed by atoms with E-state index < -0.39 is 0 Å². The molecule has 146 valence electrons. The number of nitrogens with zero attached hydrogens (tertiary/aromatic N) is 1. The molecule has 1 aliphatic rings. The number of hydrogen-bond acceptors (Lipinski definition) is 3. The molecule has 0 saturated carbocycles. The average molecular weight is 380 g/mol. The number of hydrogen-bond donors (Lipinski definition) is 2. The third-order valence-electron chi connectivity index (χ3n) is 5.26. The monoisotopic (exact) mass is 380 g/mol. The largest absolute Gasteiger partial charge is 0.327 e. The predicted octanol–water partition coefficient (Wildman–Crippen LogP) is 1.26. The standard InChI is InChI=1S/C22H25N3O3/c1-16(21(27)23-20-10-6-9-19(15-20)17(2)26)24-11-13-25(14-12-24)22(28)18-7-4-3-5-8-18/h3-10,15-16H,11-14H2,1-2H3,(H,23,27)/p+1/t16-/m0/s1. The van der Waals surface area contributed by atoms with Crippen LogP contribution in [-0.4, -0.2) is 54.7 Å². The lowest BCUT2D eigenvalue weighted by molar-refractivity contribution is -0.917. The molecule has 1 fully saturated rings. The minimum Gasteiger partial charge on any atom is -0.327 e. The SMILES string of the molecule is CC(=O)c1cccc(NC(=O)[C@H](C)[NH+]2CCN(C(=O)c3ccccc3)CC2)c1. The Balaban J connectivity index is 1.55. The highest BCUT2D eigenvalue weighted by Gasteiger charge is 2.31. The van der Waals surface area contributed by atoms with Crippen LogP contribution in [0.15, 0.2) is 54.6 Å². The van der Waals surface area contributed by atoms with Gasteiger partial charge in [0.05, 0.1) is 26.2 Å². The normalized spacial score (nSPS) is 15.7. The number of ketones is 1. The van der Waals surface area contributed by atoms with Gasteiger partial charge in [-0.1, -0.05) is 30.3 Å². The summed E-state index contributed by atoms with van der Waals surface area (Å²) in [6.45, 7) is 6.10.